The molecule has 1 atom stereocenters. The smallest absolute Gasteiger partial charge is 0.416 e. The van der Waals surface area contributed by atoms with E-state index in [1.165, 1.54) is 6.07 Å². The van der Waals surface area contributed by atoms with Crippen LogP contribution in [0.4, 0.5) is 23.4 Å². The highest BCUT2D eigenvalue weighted by atomic mass is 19.4. The number of phenolic OH excluding ortho intramolecular Hbond substituents is 1. The summed E-state index contributed by atoms with van der Waals surface area (Å²) in [6, 6.07) is 3.17. The summed E-state index contributed by atoms with van der Waals surface area (Å²) in [5.74, 6) is 0.858. The number of hydrogen-bond acceptors (Lipinski definition) is 5. The third kappa shape index (κ3) is 4.97. The van der Waals surface area contributed by atoms with Crippen LogP contribution < -0.4 is 5.32 Å². The normalized spacial score (nSPS) is 24.9. The van der Waals surface area contributed by atoms with Gasteiger partial charge in [-0.3, -0.25) is 4.90 Å². The van der Waals surface area contributed by atoms with Gasteiger partial charge in [0.2, 0.25) is 0 Å². The molecule has 2 N–H and O–H groups in total. The molecule has 3 aliphatic carbocycles. The maximum Gasteiger partial charge on any atom is 0.416 e. The minimum absolute atomic E-state index is 0.121. The summed E-state index contributed by atoms with van der Waals surface area (Å²) in [5.41, 5.74) is 0.729. The molecule has 190 valence electrons. The summed E-state index contributed by atoms with van der Waals surface area (Å²) in [7, 11) is 0. The maximum absolute atomic E-state index is 14.2. The minimum Gasteiger partial charge on any atom is -0.507 e. The molecule has 5 nitrogen and oxygen atoms in total. The van der Waals surface area contributed by atoms with E-state index in [1.807, 2.05) is 0 Å². The molecular weight excluding hydrogens is 460 g/mol. The lowest BCUT2D eigenvalue weighted by atomic mass is 9.66. The Morgan fingerprint density at radius 1 is 1.00 bits per heavy atom. The van der Waals surface area contributed by atoms with Gasteiger partial charge in [0.25, 0.3) is 0 Å². The summed E-state index contributed by atoms with van der Waals surface area (Å²) >= 11 is 0. The third-order valence-corrected chi connectivity index (χ3v) is 7.62. The second-order valence-corrected chi connectivity index (χ2v) is 10.9. The summed E-state index contributed by atoms with van der Waals surface area (Å²) in [4.78, 5) is 2.14. The SMILES string of the molecule is CC(C)(F)CN1CCC[C@@H](Nc2nnc(-c3ccc(C(F)(F)F)cc3O)c3c2C2CCC3CC2)C1. The van der Waals surface area contributed by atoms with Crippen LogP contribution in [-0.2, 0) is 6.18 Å². The van der Waals surface area contributed by atoms with Crippen molar-refractivity contribution >= 4 is 5.82 Å². The number of halogens is 4. The topological polar surface area (TPSA) is 61.3 Å². The first-order chi connectivity index (χ1) is 16.5. The Morgan fingerprint density at radius 2 is 1.69 bits per heavy atom. The zero-order valence-corrected chi connectivity index (χ0v) is 20.1. The quantitative estimate of drug-likeness (QED) is 0.484. The highest BCUT2D eigenvalue weighted by Gasteiger charge is 2.39. The molecule has 4 aliphatic rings. The van der Waals surface area contributed by atoms with E-state index in [0.29, 0.717) is 18.2 Å². The van der Waals surface area contributed by atoms with Gasteiger partial charge in [0.15, 0.2) is 5.82 Å². The Kier molecular flexibility index (Phi) is 6.18. The predicted octanol–water partition coefficient (Wildman–Crippen LogP) is 6.25. The van der Waals surface area contributed by atoms with E-state index in [9.17, 15) is 22.7 Å². The average Bonchev–Trinajstić information content (AvgIpc) is 2.79. The van der Waals surface area contributed by atoms with Crippen LogP contribution in [0.25, 0.3) is 11.3 Å². The van der Waals surface area contributed by atoms with Crippen LogP contribution in [0.2, 0.25) is 0 Å². The molecule has 2 aromatic rings. The number of likely N-dealkylation sites (tertiary alicyclic amines) is 1. The molecule has 1 aromatic carbocycles. The van der Waals surface area contributed by atoms with Gasteiger partial charge in [0.1, 0.15) is 17.1 Å². The first kappa shape index (κ1) is 24.3. The highest BCUT2D eigenvalue weighted by Crippen LogP contribution is 2.54. The number of nitrogens with one attached hydrogen (secondary N) is 1. The monoisotopic (exact) mass is 492 g/mol. The van der Waals surface area contributed by atoms with Gasteiger partial charge in [-0.15, -0.1) is 10.2 Å². The second kappa shape index (κ2) is 8.91. The van der Waals surface area contributed by atoms with E-state index in [0.717, 1.165) is 80.7 Å². The van der Waals surface area contributed by atoms with Crippen molar-refractivity contribution in [2.75, 3.05) is 25.0 Å². The molecule has 1 saturated carbocycles. The number of nitrogens with zero attached hydrogens (tertiary/aromatic N) is 3. The summed E-state index contributed by atoms with van der Waals surface area (Å²) in [6.07, 6.45) is 1.48. The Hall–Kier alpha value is -2.42. The molecule has 2 heterocycles. The lowest BCUT2D eigenvalue weighted by molar-refractivity contribution is -0.137. The van der Waals surface area contributed by atoms with Crippen LogP contribution in [0, 0.1) is 0 Å². The molecule has 0 radical (unpaired) electrons. The van der Waals surface area contributed by atoms with Crippen LogP contribution in [0.5, 0.6) is 5.75 Å². The molecule has 0 unspecified atom stereocenters. The third-order valence-electron chi connectivity index (χ3n) is 7.62. The Labute approximate surface area is 202 Å². The van der Waals surface area contributed by atoms with E-state index in [-0.39, 0.29) is 17.5 Å². The van der Waals surface area contributed by atoms with Crippen LogP contribution >= 0.6 is 0 Å². The molecule has 6 rings (SSSR count). The zero-order chi connectivity index (χ0) is 25.0. The molecule has 1 aliphatic heterocycles. The number of alkyl halides is 4. The molecule has 9 heteroatoms. The minimum atomic E-state index is -4.53. The van der Waals surface area contributed by atoms with Crippen molar-refractivity contribution in [2.24, 2.45) is 0 Å². The molecule has 2 fully saturated rings. The predicted molar refractivity (Wildman–Crippen MR) is 126 cm³/mol. The Morgan fingerprint density at radius 3 is 2.31 bits per heavy atom. The first-order valence-electron chi connectivity index (χ1n) is 12.5. The van der Waals surface area contributed by atoms with E-state index in [4.69, 9.17) is 0 Å². The number of phenols is 1. The lowest BCUT2D eigenvalue weighted by Crippen LogP contribution is -2.46. The van der Waals surface area contributed by atoms with Gasteiger partial charge in [-0.2, -0.15) is 13.2 Å². The fourth-order valence-electron chi connectivity index (χ4n) is 6.22. The molecule has 1 aromatic heterocycles. The number of anilines is 1. The van der Waals surface area contributed by atoms with Crippen molar-refractivity contribution in [3.05, 3.63) is 34.9 Å². The van der Waals surface area contributed by atoms with Crippen LogP contribution in [0.1, 0.15) is 80.9 Å². The van der Waals surface area contributed by atoms with Gasteiger partial charge >= 0.3 is 6.18 Å². The molecule has 35 heavy (non-hydrogen) atoms. The van der Waals surface area contributed by atoms with Crippen molar-refractivity contribution in [2.45, 2.75) is 82.1 Å². The second-order valence-electron chi connectivity index (χ2n) is 10.9. The number of rotatable bonds is 5. The van der Waals surface area contributed by atoms with Crippen LogP contribution in [-0.4, -0.2) is 51.5 Å². The van der Waals surface area contributed by atoms with Crippen molar-refractivity contribution in [1.29, 1.82) is 0 Å². The van der Waals surface area contributed by atoms with Gasteiger partial charge in [-0.05, 0) is 94.5 Å². The van der Waals surface area contributed by atoms with Gasteiger partial charge in [-0.25, -0.2) is 4.39 Å². The van der Waals surface area contributed by atoms with Crippen LogP contribution in [0.3, 0.4) is 0 Å². The summed E-state index contributed by atoms with van der Waals surface area (Å²) in [6.45, 7) is 5.16. The molecular formula is C26H32F4N4O. The Balaban J connectivity index is 1.48. The maximum atomic E-state index is 14.2. The number of benzene rings is 1. The van der Waals surface area contributed by atoms with Crippen molar-refractivity contribution in [1.82, 2.24) is 15.1 Å². The fourth-order valence-corrected chi connectivity index (χ4v) is 6.22. The van der Waals surface area contributed by atoms with Gasteiger partial charge in [0.05, 0.1) is 5.56 Å². The van der Waals surface area contributed by atoms with Crippen molar-refractivity contribution in [3.63, 3.8) is 0 Å². The van der Waals surface area contributed by atoms with Crippen molar-refractivity contribution < 1.29 is 22.7 Å². The summed E-state index contributed by atoms with van der Waals surface area (Å²) < 4.78 is 53.6. The summed E-state index contributed by atoms with van der Waals surface area (Å²) in [5, 5.41) is 23.1. The largest absolute Gasteiger partial charge is 0.507 e. The first-order valence-corrected chi connectivity index (χ1v) is 12.5. The molecule has 0 spiro atoms. The zero-order valence-electron chi connectivity index (χ0n) is 20.1. The standard InChI is InChI=1S/C26H32F4N4O/c1-25(2,27)14-34-11-3-4-18(13-34)31-24-22-16-7-5-15(6-8-16)21(22)23(32-33-24)19-10-9-17(12-20(19)35)26(28,29)30/h9-10,12,15-16,18,35H,3-8,11,13-14H2,1-2H3,(H,31,33)/t15?,16?,18-/m1/s1. The van der Waals surface area contributed by atoms with Gasteiger partial charge in [-0.1, -0.05) is 0 Å². The average molecular weight is 493 g/mol. The van der Waals surface area contributed by atoms with E-state index < -0.39 is 23.2 Å². The van der Waals surface area contributed by atoms with Gasteiger partial charge in [0, 0.05) is 30.3 Å². The number of piperidine rings is 1. The molecule has 2 bridgehead atoms. The van der Waals surface area contributed by atoms with Crippen molar-refractivity contribution in [3.8, 4) is 17.0 Å². The van der Waals surface area contributed by atoms with E-state index in [1.54, 1.807) is 13.8 Å². The fraction of sp³-hybridized carbons (Fsp3) is 0.615. The van der Waals surface area contributed by atoms with E-state index >= 15 is 0 Å². The van der Waals surface area contributed by atoms with E-state index in [2.05, 4.69) is 20.4 Å². The molecule has 1 saturated heterocycles. The number of aromatic hydroxyl groups is 1. The lowest BCUT2D eigenvalue weighted by Gasteiger charge is -2.41. The Bertz CT molecular complexity index is 1090. The number of fused-ring (bicyclic) bond motifs is 2. The molecule has 0 amide bonds. The number of aromatic nitrogens is 2. The highest BCUT2D eigenvalue weighted by molar-refractivity contribution is 5.74. The van der Waals surface area contributed by atoms with Crippen LogP contribution in [0.15, 0.2) is 18.2 Å². The number of hydrogen-bond donors (Lipinski definition) is 2. The van der Waals surface area contributed by atoms with Gasteiger partial charge < -0.3 is 10.4 Å².